The molecule has 1 atom stereocenters. The van der Waals surface area contributed by atoms with Crippen LogP contribution in [0.4, 0.5) is 10.1 Å². The summed E-state index contributed by atoms with van der Waals surface area (Å²) in [6, 6.07) is 11.7. The maximum atomic E-state index is 13.7. The van der Waals surface area contributed by atoms with Gasteiger partial charge in [0.05, 0.1) is 10.6 Å². The van der Waals surface area contributed by atoms with Crippen molar-refractivity contribution in [1.82, 2.24) is 5.32 Å². The van der Waals surface area contributed by atoms with E-state index in [1.165, 1.54) is 12.1 Å². The Kier molecular flexibility index (Phi) is 7.14. The van der Waals surface area contributed by atoms with Crippen LogP contribution in [0.25, 0.3) is 0 Å². The molecular formula is C20H21ClFN3O. The quantitative estimate of drug-likeness (QED) is 0.714. The Labute approximate surface area is 158 Å². The van der Waals surface area contributed by atoms with Crippen LogP contribution in [0.2, 0.25) is 5.02 Å². The van der Waals surface area contributed by atoms with Gasteiger partial charge in [0.1, 0.15) is 18.2 Å². The smallest absolute Gasteiger partial charge is 0.123 e. The third-order valence-corrected chi connectivity index (χ3v) is 4.62. The number of nitriles is 1. The molecule has 0 aliphatic rings. The number of aryl methyl sites for hydroxylation is 1. The summed E-state index contributed by atoms with van der Waals surface area (Å²) in [4.78, 5) is 13.2. The van der Waals surface area contributed by atoms with E-state index in [1.807, 2.05) is 24.9 Å². The molecule has 4 nitrogen and oxygen atoms in total. The van der Waals surface area contributed by atoms with E-state index in [4.69, 9.17) is 16.9 Å². The molecule has 136 valence electrons. The molecule has 0 spiro atoms. The van der Waals surface area contributed by atoms with Gasteiger partial charge in [-0.3, -0.25) is 0 Å². The highest BCUT2D eigenvalue weighted by molar-refractivity contribution is 6.32. The Hall–Kier alpha value is -2.42. The maximum Gasteiger partial charge on any atom is 0.123 e. The summed E-state index contributed by atoms with van der Waals surface area (Å²) in [6.45, 7) is 2.92. The van der Waals surface area contributed by atoms with E-state index in [2.05, 4.69) is 5.32 Å². The topological polar surface area (TPSA) is 56.1 Å². The van der Waals surface area contributed by atoms with Crippen LogP contribution in [0, 0.1) is 24.1 Å². The molecule has 2 rings (SSSR count). The van der Waals surface area contributed by atoms with Crippen molar-refractivity contribution in [2.75, 3.05) is 18.5 Å². The number of carbonyl (C=O) groups excluding carboxylic acids is 1. The maximum absolute atomic E-state index is 13.7. The second kappa shape index (κ2) is 9.33. The summed E-state index contributed by atoms with van der Waals surface area (Å²) in [5, 5.41) is 12.5. The van der Waals surface area contributed by atoms with Crippen molar-refractivity contribution in [3.63, 3.8) is 0 Å². The van der Waals surface area contributed by atoms with E-state index in [-0.39, 0.29) is 11.9 Å². The van der Waals surface area contributed by atoms with Gasteiger partial charge in [-0.2, -0.15) is 5.26 Å². The van der Waals surface area contributed by atoms with Crippen molar-refractivity contribution in [3.8, 4) is 6.07 Å². The van der Waals surface area contributed by atoms with Crippen molar-refractivity contribution in [2.45, 2.75) is 25.9 Å². The fourth-order valence-electron chi connectivity index (χ4n) is 2.87. The summed E-state index contributed by atoms with van der Waals surface area (Å²) >= 11 is 6.20. The van der Waals surface area contributed by atoms with Crippen LogP contribution in [-0.2, 0) is 11.3 Å². The first-order chi connectivity index (χ1) is 12.5. The van der Waals surface area contributed by atoms with E-state index in [1.54, 1.807) is 24.3 Å². The molecule has 0 amide bonds. The summed E-state index contributed by atoms with van der Waals surface area (Å²) in [5.41, 5.74) is 2.96. The Balaban J connectivity index is 2.47. The second-order valence-corrected chi connectivity index (χ2v) is 6.50. The Morgan fingerprint density at radius 2 is 2.12 bits per heavy atom. The number of anilines is 1. The lowest BCUT2D eigenvalue weighted by molar-refractivity contribution is -0.108. The second-order valence-electron chi connectivity index (χ2n) is 6.09. The van der Waals surface area contributed by atoms with Gasteiger partial charge in [-0.1, -0.05) is 17.7 Å². The fraction of sp³-hybridized carbons (Fsp3) is 0.300. The first-order valence-corrected chi connectivity index (χ1v) is 8.67. The molecule has 6 heteroatoms. The van der Waals surface area contributed by atoms with E-state index < -0.39 is 0 Å². The zero-order valence-corrected chi connectivity index (χ0v) is 15.6. The lowest BCUT2D eigenvalue weighted by Crippen LogP contribution is -2.42. The van der Waals surface area contributed by atoms with Crippen LogP contribution in [0.1, 0.15) is 23.1 Å². The number of carbonyl (C=O) groups is 1. The summed E-state index contributed by atoms with van der Waals surface area (Å²) in [7, 11) is 1.81. The molecule has 0 saturated carbocycles. The number of hydrogen-bond acceptors (Lipinski definition) is 4. The molecule has 0 fully saturated rings. The van der Waals surface area contributed by atoms with Gasteiger partial charge >= 0.3 is 0 Å². The Morgan fingerprint density at radius 1 is 1.35 bits per heavy atom. The molecule has 0 heterocycles. The zero-order chi connectivity index (χ0) is 19.1. The molecular weight excluding hydrogens is 353 g/mol. The molecule has 0 aliphatic carbocycles. The third-order valence-electron chi connectivity index (χ3n) is 4.31. The largest absolute Gasteiger partial charge is 0.362 e. The van der Waals surface area contributed by atoms with Crippen molar-refractivity contribution < 1.29 is 9.18 Å². The van der Waals surface area contributed by atoms with Crippen LogP contribution < -0.4 is 10.2 Å². The number of benzene rings is 2. The van der Waals surface area contributed by atoms with Crippen LogP contribution in [0.15, 0.2) is 36.4 Å². The number of likely N-dealkylation sites (N-methyl/N-ethyl adjacent to an activating group) is 1. The predicted molar refractivity (Wildman–Crippen MR) is 102 cm³/mol. The first-order valence-electron chi connectivity index (χ1n) is 8.29. The van der Waals surface area contributed by atoms with E-state index in [0.717, 1.165) is 23.1 Å². The molecule has 0 unspecified atom stereocenters. The molecule has 0 saturated heterocycles. The normalized spacial score (nSPS) is 11.7. The number of aldehydes is 1. The number of rotatable bonds is 8. The third kappa shape index (κ3) is 4.81. The number of hydrogen-bond donors (Lipinski definition) is 1. The van der Waals surface area contributed by atoms with Gasteiger partial charge in [0, 0.05) is 31.2 Å². The summed E-state index contributed by atoms with van der Waals surface area (Å²) < 4.78 is 13.7. The van der Waals surface area contributed by atoms with E-state index in [0.29, 0.717) is 30.1 Å². The molecule has 2 aromatic rings. The van der Waals surface area contributed by atoms with Gasteiger partial charge in [0.15, 0.2) is 0 Å². The minimum Gasteiger partial charge on any atom is -0.362 e. The van der Waals surface area contributed by atoms with E-state index in [9.17, 15) is 9.18 Å². The fourth-order valence-corrected chi connectivity index (χ4v) is 3.08. The van der Waals surface area contributed by atoms with Crippen LogP contribution in [-0.4, -0.2) is 25.9 Å². The standard InChI is InChI=1S/C20H21ClFN3O/c1-14-3-5-17(22)9-16(14)13-25(19(7-8-26)12-24-2)18-6-4-15(11-23)20(21)10-18/h3-6,8-10,19,24H,7,12-13H2,1-2H3/t19-/m0/s1. The zero-order valence-electron chi connectivity index (χ0n) is 14.8. The molecule has 0 aromatic heterocycles. The van der Waals surface area contributed by atoms with Gasteiger partial charge in [0.2, 0.25) is 0 Å². The number of nitrogens with one attached hydrogen (secondary N) is 1. The lowest BCUT2D eigenvalue weighted by atomic mass is 10.0. The Bertz CT molecular complexity index is 819. The number of halogens is 2. The number of nitrogens with zero attached hydrogens (tertiary/aromatic N) is 2. The monoisotopic (exact) mass is 373 g/mol. The van der Waals surface area contributed by atoms with Gasteiger partial charge in [-0.25, -0.2) is 4.39 Å². The van der Waals surface area contributed by atoms with Crippen LogP contribution in [0.5, 0.6) is 0 Å². The first kappa shape index (κ1) is 19.9. The highest BCUT2D eigenvalue weighted by Crippen LogP contribution is 2.27. The SMILES string of the molecule is CNC[C@H](CC=O)N(Cc1cc(F)ccc1C)c1ccc(C#N)c(Cl)c1. The van der Waals surface area contributed by atoms with Gasteiger partial charge in [0.25, 0.3) is 0 Å². The van der Waals surface area contributed by atoms with Crippen LogP contribution in [0.3, 0.4) is 0 Å². The average Bonchev–Trinajstić information content (AvgIpc) is 2.62. The molecule has 2 aromatic carbocycles. The van der Waals surface area contributed by atoms with Gasteiger partial charge in [-0.15, -0.1) is 0 Å². The van der Waals surface area contributed by atoms with Gasteiger partial charge in [-0.05, 0) is 55.4 Å². The van der Waals surface area contributed by atoms with Crippen molar-refractivity contribution in [3.05, 3.63) is 63.9 Å². The molecule has 0 radical (unpaired) electrons. The molecule has 0 aliphatic heterocycles. The molecule has 26 heavy (non-hydrogen) atoms. The van der Waals surface area contributed by atoms with Gasteiger partial charge < -0.3 is 15.0 Å². The summed E-state index contributed by atoms with van der Waals surface area (Å²) in [5.74, 6) is -0.302. The highest BCUT2D eigenvalue weighted by Gasteiger charge is 2.20. The highest BCUT2D eigenvalue weighted by atomic mass is 35.5. The minimum absolute atomic E-state index is 0.135. The van der Waals surface area contributed by atoms with E-state index >= 15 is 0 Å². The summed E-state index contributed by atoms with van der Waals surface area (Å²) in [6.07, 6.45) is 1.19. The van der Waals surface area contributed by atoms with Crippen LogP contribution >= 0.6 is 11.6 Å². The van der Waals surface area contributed by atoms with Crippen molar-refractivity contribution in [1.29, 1.82) is 5.26 Å². The lowest BCUT2D eigenvalue weighted by Gasteiger charge is -2.33. The Morgan fingerprint density at radius 3 is 2.73 bits per heavy atom. The van der Waals surface area contributed by atoms with Crippen molar-refractivity contribution in [2.24, 2.45) is 0 Å². The minimum atomic E-state index is -0.302. The predicted octanol–water partition coefficient (Wildman–Crippen LogP) is 3.84. The average molecular weight is 374 g/mol. The molecule has 1 N–H and O–H groups in total. The molecule has 0 bridgehead atoms. The van der Waals surface area contributed by atoms with Crippen molar-refractivity contribution >= 4 is 23.6 Å².